The number of halogens is 1. The molecule has 2 aliphatic rings. The molecule has 0 amide bonds. The molecule has 1 aliphatic carbocycles. The summed E-state index contributed by atoms with van der Waals surface area (Å²) in [5.74, 6) is 1.13. The molecule has 1 saturated heterocycles. The molecule has 2 aromatic rings. The van der Waals surface area contributed by atoms with Crippen molar-refractivity contribution in [2.24, 2.45) is 5.41 Å². The number of aromatic nitrogens is 3. The van der Waals surface area contributed by atoms with Gasteiger partial charge in [-0.2, -0.15) is 5.26 Å². The van der Waals surface area contributed by atoms with Crippen LogP contribution in [-0.2, 0) is 9.47 Å². The molecule has 0 aromatic carbocycles. The third-order valence-corrected chi connectivity index (χ3v) is 7.24. The first-order valence-corrected chi connectivity index (χ1v) is 13.0. The molecule has 2 aromatic heterocycles. The summed E-state index contributed by atoms with van der Waals surface area (Å²) < 4.78 is 16.5. The van der Waals surface area contributed by atoms with Crippen molar-refractivity contribution in [3.05, 3.63) is 29.7 Å². The van der Waals surface area contributed by atoms with E-state index >= 15 is 0 Å². The van der Waals surface area contributed by atoms with Crippen molar-refractivity contribution in [2.45, 2.75) is 63.6 Å². The third kappa shape index (κ3) is 7.04. The zero-order valence-electron chi connectivity index (χ0n) is 21.0. The van der Waals surface area contributed by atoms with Crippen LogP contribution in [0.5, 0.6) is 5.88 Å². The molecule has 0 bridgehead atoms. The van der Waals surface area contributed by atoms with Crippen LogP contribution in [-0.4, -0.2) is 66.6 Å². The second kappa shape index (κ2) is 12.6. The van der Waals surface area contributed by atoms with E-state index in [2.05, 4.69) is 38.6 Å². The number of nitrogens with zero attached hydrogens (tertiary/aromatic N) is 4. The second-order valence-electron chi connectivity index (χ2n) is 9.80. The van der Waals surface area contributed by atoms with Gasteiger partial charge < -0.3 is 24.8 Å². The number of hydrogen-bond donors (Lipinski definition) is 2. The van der Waals surface area contributed by atoms with E-state index in [1.807, 2.05) is 6.07 Å². The minimum Gasteiger partial charge on any atom is -0.475 e. The van der Waals surface area contributed by atoms with E-state index < -0.39 is 5.41 Å². The van der Waals surface area contributed by atoms with Crippen LogP contribution >= 0.6 is 11.6 Å². The Morgan fingerprint density at radius 1 is 1.19 bits per heavy atom. The highest BCUT2D eigenvalue weighted by molar-refractivity contribution is 6.33. The van der Waals surface area contributed by atoms with Crippen LogP contribution in [0.2, 0.25) is 5.02 Å². The number of nitriles is 1. The van der Waals surface area contributed by atoms with E-state index in [1.54, 1.807) is 25.7 Å². The number of methoxy groups -OCH3 is 1. The standard InChI is InChI=1S/C26H35ClN6O3/c1-18(15-34-2)31-19-3-5-20(6-4-19)32-24-11-21(22(27)12-30-24)23-13-29-14-25(33-23)36-17-26(16-28)7-9-35-10-8-26/h11-14,18-20,31H,3-10,15,17H2,1-2H3,(H,30,32)/t18-,19?,20?/m0/s1. The van der Waals surface area contributed by atoms with E-state index in [-0.39, 0.29) is 6.61 Å². The van der Waals surface area contributed by atoms with Gasteiger partial charge in [0.25, 0.3) is 0 Å². The van der Waals surface area contributed by atoms with Crippen molar-refractivity contribution in [1.82, 2.24) is 20.3 Å². The molecule has 1 atom stereocenters. The Balaban J connectivity index is 1.37. The number of ether oxygens (including phenoxy) is 3. The van der Waals surface area contributed by atoms with Crippen LogP contribution in [0.1, 0.15) is 45.4 Å². The van der Waals surface area contributed by atoms with Gasteiger partial charge in [0.1, 0.15) is 12.4 Å². The number of hydrogen-bond acceptors (Lipinski definition) is 9. The predicted octanol–water partition coefficient (Wildman–Crippen LogP) is 4.24. The SMILES string of the molecule is COC[C@H](C)NC1CCC(Nc2cc(-c3cncc(OCC4(C#N)CCOCC4)n3)c(Cl)cn2)CC1. The molecular weight excluding hydrogens is 480 g/mol. The van der Waals surface area contributed by atoms with E-state index in [1.165, 1.54) is 0 Å². The average molecular weight is 515 g/mol. The average Bonchev–Trinajstić information content (AvgIpc) is 2.90. The number of rotatable bonds is 10. The van der Waals surface area contributed by atoms with Crippen molar-refractivity contribution in [3.63, 3.8) is 0 Å². The zero-order chi connectivity index (χ0) is 25.4. The van der Waals surface area contributed by atoms with Crippen LogP contribution < -0.4 is 15.4 Å². The summed E-state index contributed by atoms with van der Waals surface area (Å²) in [6, 6.07) is 5.54. The predicted molar refractivity (Wildman–Crippen MR) is 138 cm³/mol. The summed E-state index contributed by atoms with van der Waals surface area (Å²) in [7, 11) is 1.73. The van der Waals surface area contributed by atoms with Gasteiger partial charge in [0.15, 0.2) is 0 Å². The monoisotopic (exact) mass is 514 g/mol. The lowest BCUT2D eigenvalue weighted by molar-refractivity contribution is 0.0182. The maximum Gasteiger partial charge on any atom is 0.232 e. The fraction of sp³-hybridized carbons (Fsp3) is 0.615. The molecular formula is C26H35ClN6O3. The minimum absolute atomic E-state index is 0.254. The molecule has 2 N–H and O–H groups in total. The van der Waals surface area contributed by atoms with Gasteiger partial charge in [-0.1, -0.05) is 11.6 Å². The molecule has 3 heterocycles. The molecule has 10 heteroatoms. The molecule has 36 heavy (non-hydrogen) atoms. The maximum absolute atomic E-state index is 9.67. The van der Waals surface area contributed by atoms with Crippen LogP contribution in [0.4, 0.5) is 5.82 Å². The first-order valence-electron chi connectivity index (χ1n) is 12.6. The Kier molecular flexibility index (Phi) is 9.32. The van der Waals surface area contributed by atoms with Gasteiger partial charge in [-0.15, -0.1) is 0 Å². The molecule has 0 radical (unpaired) electrons. The maximum atomic E-state index is 9.67. The molecule has 0 unspecified atom stereocenters. The van der Waals surface area contributed by atoms with Crippen molar-refractivity contribution in [2.75, 3.05) is 38.9 Å². The first kappa shape index (κ1) is 26.6. The largest absolute Gasteiger partial charge is 0.475 e. The van der Waals surface area contributed by atoms with Crippen LogP contribution in [0, 0.1) is 16.7 Å². The number of anilines is 1. The van der Waals surface area contributed by atoms with E-state index in [0.717, 1.165) is 43.7 Å². The molecule has 1 aliphatic heterocycles. The topological polar surface area (TPSA) is 114 Å². The summed E-state index contributed by atoms with van der Waals surface area (Å²) in [6.07, 6.45) is 10.5. The third-order valence-electron chi connectivity index (χ3n) is 6.94. The number of pyridine rings is 1. The lowest BCUT2D eigenvalue weighted by Crippen LogP contribution is -2.42. The minimum atomic E-state index is -0.558. The van der Waals surface area contributed by atoms with Gasteiger partial charge in [0, 0.05) is 50.2 Å². The number of nitrogens with one attached hydrogen (secondary N) is 2. The van der Waals surface area contributed by atoms with Gasteiger partial charge in [0.2, 0.25) is 5.88 Å². The van der Waals surface area contributed by atoms with Crippen LogP contribution in [0.3, 0.4) is 0 Å². The van der Waals surface area contributed by atoms with Crippen molar-refractivity contribution in [3.8, 4) is 23.2 Å². The van der Waals surface area contributed by atoms with Crippen molar-refractivity contribution in [1.29, 1.82) is 5.26 Å². The lowest BCUT2D eigenvalue weighted by atomic mass is 9.83. The highest BCUT2D eigenvalue weighted by Crippen LogP contribution is 2.32. The molecule has 4 rings (SSSR count). The van der Waals surface area contributed by atoms with E-state index in [4.69, 9.17) is 25.8 Å². The Labute approximate surface area is 217 Å². The van der Waals surface area contributed by atoms with Crippen molar-refractivity contribution < 1.29 is 14.2 Å². The molecule has 2 fully saturated rings. The van der Waals surface area contributed by atoms with Gasteiger partial charge in [0.05, 0.1) is 41.2 Å². The Hall–Kier alpha value is -2.51. The highest BCUT2D eigenvalue weighted by atomic mass is 35.5. The van der Waals surface area contributed by atoms with Crippen LogP contribution in [0.25, 0.3) is 11.3 Å². The van der Waals surface area contributed by atoms with E-state index in [9.17, 15) is 5.26 Å². The Morgan fingerprint density at radius 2 is 1.94 bits per heavy atom. The summed E-state index contributed by atoms with van der Waals surface area (Å²) in [4.78, 5) is 13.4. The quantitative estimate of drug-likeness (QED) is 0.480. The first-order chi connectivity index (χ1) is 17.5. The van der Waals surface area contributed by atoms with Gasteiger partial charge in [-0.05, 0) is 51.5 Å². The van der Waals surface area contributed by atoms with E-state index in [0.29, 0.717) is 60.8 Å². The zero-order valence-corrected chi connectivity index (χ0v) is 21.8. The Morgan fingerprint density at radius 3 is 2.67 bits per heavy atom. The van der Waals surface area contributed by atoms with Crippen LogP contribution in [0.15, 0.2) is 24.7 Å². The lowest BCUT2D eigenvalue weighted by Gasteiger charge is -2.32. The van der Waals surface area contributed by atoms with Gasteiger partial charge >= 0.3 is 0 Å². The Bertz CT molecular complexity index is 1030. The summed E-state index contributed by atoms with van der Waals surface area (Å²) in [6.45, 7) is 4.26. The highest BCUT2D eigenvalue weighted by Gasteiger charge is 2.34. The second-order valence-corrected chi connectivity index (χ2v) is 10.2. The summed E-state index contributed by atoms with van der Waals surface area (Å²) >= 11 is 6.49. The van der Waals surface area contributed by atoms with Crippen molar-refractivity contribution >= 4 is 17.4 Å². The van der Waals surface area contributed by atoms with Gasteiger partial charge in [-0.25, -0.2) is 9.97 Å². The molecule has 9 nitrogen and oxygen atoms in total. The summed E-state index contributed by atoms with van der Waals surface area (Å²) in [5.41, 5.74) is 0.774. The smallest absolute Gasteiger partial charge is 0.232 e. The summed E-state index contributed by atoms with van der Waals surface area (Å²) in [5, 5.41) is 17.4. The molecule has 0 spiro atoms. The van der Waals surface area contributed by atoms with Gasteiger partial charge in [-0.3, -0.25) is 4.98 Å². The fourth-order valence-electron chi connectivity index (χ4n) is 4.84. The fourth-order valence-corrected chi connectivity index (χ4v) is 5.04. The molecule has 1 saturated carbocycles. The normalized spacial score (nSPS) is 22.4. The molecule has 194 valence electrons.